The van der Waals surface area contributed by atoms with Gasteiger partial charge in [-0.05, 0) is 11.5 Å². The van der Waals surface area contributed by atoms with Crippen molar-refractivity contribution in [3.05, 3.63) is 22.5 Å². The minimum Gasteiger partial charge on any atom is -0.361 e. The highest BCUT2D eigenvalue weighted by Gasteiger charge is 2.17. The van der Waals surface area contributed by atoms with Gasteiger partial charge in [-0.2, -0.15) is 15.0 Å². The molecule has 0 fully saturated rings. The van der Waals surface area contributed by atoms with Gasteiger partial charge in [-0.15, -0.1) is 11.3 Å². The van der Waals surface area contributed by atoms with Crippen LogP contribution in [0.2, 0.25) is 0 Å². The van der Waals surface area contributed by atoms with Crippen molar-refractivity contribution in [2.24, 2.45) is 0 Å². The van der Waals surface area contributed by atoms with Crippen LogP contribution in [0.5, 0.6) is 0 Å². The lowest BCUT2D eigenvalue weighted by Gasteiger charge is -2.15. The molecule has 5 heteroatoms. The van der Waals surface area contributed by atoms with Crippen LogP contribution >= 0.6 is 11.3 Å². The first-order chi connectivity index (χ1) is 8.00. The smallest absolute Gasteiger partial charge is 0.158 e. The second kappa shape index (κ2) is 4.58. The van der Waals surface area contributed by atoms with Crippen LogP contribution in [-0.2, 0) is 16.9 Å². The maximum absolute atomic E-state index is 4.98. The number of nitrogens with zero attached hydrogens (tertiary/aromatic N) is 3. The number of hydrogen-bond donors (Lipinski definition) is 0. The number of aromatic nitrogens is 3. The van der Waals surface area contributed by atoms with E-state index in [2.05, 4.69) is 42.4 Å². The van der Waals surface area contributed by atoms with Crippen LogP contribution in [0.3, 0.4) is 0 Å². The van der Waals surface area contributed by atoms with Gasteiger partial charge in [0, 0.05) is 22.9 Å². The van der Waals surface area contributed by atoms with Gasteiger partial charge in [0.25, 0.3) is 0 Å². The number of thiophene rings is 1. The molecule has 0 unspecified atom stereocenters. The Labute approximate surface area is 105 Å². The SMILES string of the molecule is COCn1ncc(-c2csc(C(C)(C)C)c2)n1. The molecule has 0 saturated carbocycles. The highest BCUT2D eigenvalue weighted by molar-refractivity contribution is 7.10. The molecule has 0 amide bonds. The Bertz CT molecular complexity index is 496. The van der Waals surface area contributed by atoms with Crippen LogP contribution in [0.15, 0.2) is 17.6 Å². The summed E-state index contributed by atoms with van der Waals surface area (Å²) in [4.78, 5) is 2.90. The molecule has 0 atom stereocenters. The molecule has 2 rings (SSSR count). The first-order valence-corrected chi connectivity index (χ1v) is 6.37. The van der Waals surface area contributed by atoms with Crippen molar-refractivity contribution in [3.8, 4) is 11.3 Å². The molecule has 2 aromatic rings. The predicted octanol–water partition coefficient (Wildman–Crippen LogP) is 2.91. The number of rotatable bonds is 3. The van der Waals surface area contributed by atoms with Gasteiger partial charge in [0.2, 0.25) is 0 Å². The van der Waals surface area contributed by atoms with E-state index in [-0.39, 0.29) is 5.41 Å². The third-order valence-electron chi connectivity index (χ3n) is 2.42. The summed E-state index contributed by atoms with van der Waals surface area (Å²) in [5.74, 6) is 0. The summed E-state index contributed by atoms with van der Waals surface area (Å²) in [6.07, 6.45) is 1.77. The van der Waals surface area contributed by atoms with Crippen molar-refractivity contribution in [3.63, 3.8) is 0 Å². The van der Waals surface area contributed by atoms with Gasteiger partial charge in [0.05, 0.1) is 6.20 Å². The second-order valence-corrected chi connectivity index (χ2v) is 5.88. The minimum absolute atomic E-state index is 0.186. The minimum atomic E-state index is 0.186. The first-order valence-electron chi connectivity index (χ1n) is 5.49. The number of methoxy groups -OCH3 is 1. The van der Waals surface area contributed by atoms with E-state index in [1.807, 2.05) is 0 Å². The highest BCUT2D eigenvalue weighted by Crippen LogP contribution is 2.32. The van der Waals surface area contributed by atoms with Gasteiger partial charge >= 0.3 is 0 Å². The monoisotopic (exact) mass is 251 g/mol. The Morgan fingerprint density at radius 3 is 2.76 bits per heavy atom. The molecule has 0 N–H and O–H groups in total. The molecule has 0 spiro atoms. The fourth-order valence-electron chi connectivity index (χ4n) is 1.47. The van der Waals surface area contributed by atoms with Crippen LogP contribution in [-0.4, -0.2) is 22.1 Å². The molecule has 2 aromatic heterocycles. The largest absolute Gasteiger partial charge is 0.361 e. The maximum Gasteiger partial charge on any atom is 0.158 e. The molecule has 0 aliphatic rings. The fourth-order valence-corrected chi connectivity index (χ4v) is 2.46. The highest BCUT2D eigenvalue weighted by atomic mass is 32.1. The molecule has 0 bridgehead atoms. The van der Waals surface area contributed by atoms with E-state index in [1.165, 1.54) is 4.88 Å². The van der Waals surface area contributed by atoms with Crippen molar-refractivity contribution in [2.45, 2.75) is 32.9 Å². The standard InChI is InChI=1S/C12H17N3OS/c1-12(2,3)11-5-9(7-17-11)10-6-13-15(14-10)8-16-4/h5-7H,8H2,1-4H3. The zero-order chi connectivity index (χ0) is 12.5. The summed E-state index contributed by atoms with van der Waals surface area (Å²) >= 11 is 1.77. The van der Waals surface area contributed by atoms with Crippen molar-refractivity contribution in [2.75, 3.05) is 7.11 Å². The van der Waals surface area contributed by atoms with E-state index in [1.54, 1.807) is 29.4 Å². The lowest BCUT2D eigenvalue weighted by molar-refractivity contribution is 0.108. The summed E-state index contributed by atoms with van der Waals surface area (Å²) in [5.41, 5.74) is 2.21. The van der Waals surface area contributed by atoms with Crippen LogP contribution in [0, 0.1) is 0 Å². The molecule has 2 heterocycles. The predicted molar refractivity (Wildman–Crippen MR) is 69.0 cm³/mol. The van der Waals surface area contributed by atoms with E-state index in [0.29, 0.717) is 6.73 Å². The second-order valence-electron chi connectivity index (χ2n) is 4.97. The van der Waals surface area contributed by atoms with Crippen molar-refractivity contribution >= 4 is 11.3 Å². The molecule has 0 aliphatic carbocycles. The van der Waals surface area contributed by atoms with Gasteiger partial charge in [-0.3, -0.25) is 0 Å². The van der Waals surface area contributed by atoms with Gasteiger partial charge < -0.3 is 4.74 Å². The molecule has 0 radical (unpaired) electrons. The summed E-state index contributed by atoms with van der Waals surface area (Å²) < 4.78 is 4.98. The van der Waals surface area contributed by atoms with Gasteiger partial charge in [0.15, 0.2) is 6.73 Å². The summed E-state index contributed by atoms with van der Waals surface area (Å²) in [5, 5.41) is 10.6. The van der Waals surface area contributed by atoms with Crippen molar-refractivity contribution < 1.29 is 4.74 Å². The molecular formula is C12H17N3OS. The van der Waals surface area contributed by atoms with E-state index in [4.69, 9.17) is 4.74 Å². The Kier molecular flexibility index (Phi) is 3.31. The van der Waals surface area contributed by atoms with Crippen molar-refractivity contribution in [1.82, 2.24) is 15.0 Å². The van der Waals surface area contributed by atoms with Gasteiger partial charge in [-0.1, -0.05) is 20.8 Å². The topological polar surface area (TPSA) is 39.9 Å². The molecule has 0 saturated heterocycles. The van der Waals surface area contributed by atoms with Crippen LogP contribution in [0.25, 0.3) is 11.3 Å². The van der Waals surface area contributed by atoms with Crippen LogP contribution in [0.1, 0.15) is 25.6 Å². The number of ether oxygens (including phenoxy) is 1. The quantitative estimate of drug-likeness (QED) is 0.842. The third-order valence-corrected chi connectivity index (χ3v) is 3.77. The van der Waals surface area contributed by atoms with E-state index in [0.717, 1.165) is 11.3 Å². The Hall–Kier alpha value is -1.20. The summed E-state index contributed by atoms with van der Waals surface area (Å²) in [6.45, 7) is 7.02. The lowest BCUT2D eigenvalue weighted by Crippen LogP contribution is -2.07. The summed E-state index contributed by atoms with van der Waals surface area (Å²) in [7, 11) is 1.63. The van der Waals surface area contributed by atoms with Gasteiger partial charge in [0.1, 0.15) is 5.69 Å². The molecule has 0 aromatic carbocycles. The molecular weight excluding hydrogens is 234 g/mol. The molecule has 4 nitrogen and oxygen atoms in total. The van der Waals surface area contributed by atoms with E-state index in [9.17, 15) is 0 Å². The fraction of sp³-hybridized carbons (Fsp3) is 0.500. The maximum atomic E-state index is 4.98. The molecule has 0 aliphatic heterocycles. The number of hydrogen-bond acceptors (Lipinski definition) is 4. The van der Waals surface area contributed by atoms with E-state index < -0.39 is 0 Å². The Morgan fingerprint density at radius 2 is 2.18 bits per heavy atom. The first kappa shape index (κ1) is 12.3. The average Bonchev–Trinajstić information content (AvgIpc) is 2.82. The van der Waals surface area contributed by atoms with Crippen LogP contribution < -0.4 is 0 Å². The van der Waals surface area contributed by atoms with Crippen LogP contribution in [0.4, 0.5) is 0 Å². The molecule has 92 valence electrons. The summed E-state index contributed by atoms with van der Waals surface area (Å²) in [6, 6.07) is 2.19. The normalized spacial score (nSPS) is 12.0. The Balaban J connectivity index is 2.24. The van der Waals surface area contributed by atoms with Gasteiger partial charge in [-0.25, -0.2) is 0 Å². The molecule has 17 heavy (non-hydrogen) atoms. The Morgan fingerprint density at radius 1 is 1.41 bits per heavy atom. The third kappa shape index (κ3) is 2.73. The zero-order valence-electron chi connectivity index (χ0n) is 10.6. The average molecular weight is 251 g/mol. The lowest BCUT2D eigenvalue weighted by atomic mass is 9.94. The van der Waals surface area contributed by atoms with Crippen molar-refractivity contribution in [1.29, 1.82) is 0 Å². The van der Waals surface area contributed by atoms with E-state index >= 15 is 0 Å². The zero-order valence-corrected chi connectivity index (χ0v) is 11.4.